The van der Waals surface area contributed by atoms with Crippen LogP contribution in [0.3, 0.4) is 0 Å². The van der Waals surface area contributed by atoms with Crippen molar-refractivity contribution in [2.45, 2.75) is 44.7 Å². The molecule has 0 aliphatic carbocycles. The molecule has 0 radical (unpaired) electrons. The van der Waals surface area contributed by atoms with Crippen LogP contribution in [0.2, 0.25) is 0 Å². The van der Waals surface area contributed by atoms with Crippen molar-refractivity contribution in [3.63, 3.8) is 0 Å². The van der Waals surface area contributed by atoms with Crippen LogP contribution in [0.15, 0.2) is 34.3 Å². The zero-order valence-electron chi connectivity index (χ0n) is 25.9. The van der Waals surface area contributed by atoms with Crippen molar-refractivity contribution in [3.05, 3.63) is 35.4 Å². The Kier molecular flexibility index (Phi) is 9.14. The molecule has 0 spiro atoms. The Morgan fingerprint density at radius 2 is 1.22 bits per heavy atom. The number of rotatable bonds is 12. The highest BCUT2D eigenvalue weighted by atomic mass is 31.2. The number of carbonyl (C=O) groups excluding carboxylic acids is 2. The maximum Gasteiger partial charge on any atom is 0.256 e. The van der Waals surface area contributed by atoms with Crippen molar-refractivity contribution < 1.29 is 37.6 Å². The van der Waals surface area contributed by atoms with Crippen molar-refractivity contribution in [1.82, 2.24) is 9.80 Å². The summed E-state index contributed by atoms with van der Waals surface area (Å²) in [7, 11) is -0.128. The first-order valence-electron chi connectivity index (χ1n) is 15.5. The second-order valence-electron chi connectivity index (χ2n) is 11.4. The van der Waals surface area contributed by atoms with Gasteiger partial charge in [0.25, 0.3) is 11.8 Å². The summed E-state index contributed by atoms with van der Waals surface area (Å²) >= 11 is 0. The molecule has 4 aliphatic rings. The van der Waals surface area contributed by atoms with Crippen LogP contribution in [0.1, 0.15) is 53.3 Å². The maximum absolute atomic E-state index is 13.8. The van der Waals surface area contributed by atoms with Gasteiger partial charge in [-0.2, -0.15) is 0 Å². The van der Waals surface area contributed by atoms with Crippen LogP contribution in [-0.4, -0.2) is 106 Å². The summed E-state index contributed by atoms with van der Waals surface area (Å²) in [6.07, 6.45) is 7.62. The van der Waals surface area contributed by atoms with Crippen LogP contribution in [-0.2, 0) is 9.09 Å². The van der Waals surface area contributed by atoms with Gasteiger partial charge in [0.05, 0.1) is 80.9 Å². The predicted molar refractivity (Wildman–Crippen MR) is 170 cm³/mol. The number of hydrogen-bond acceptors (Lipinski definition) is 10. The van der Waals surface area contributed by atoms with Gasteiger partial charge in [0.15, 0.2) is 23.0 Å². The minimum absolute atomic E-state index is 0.00163. The van der Waals surface area contributed by atoms with Crippen LogP contribution in [0.5, 0.6) is 23.0 Å². The van der Waals surface area contributed by atoms with Gasteiger partial charge in [0.2, 0.25) is 7.37 Å². The minimum Gasteiger partial charge on any atom is -0.493 e. The Morgan fingerprint density at radius 3 is 1.64 bits per heavy atom. The summed E-state index contributed by atoms with van der Waals surface area (Å²) in [5, 5.41) is 0. The Balaban J connectivity index is 1.11. The van der Waals surface area contributed by atoms with Crippen LogP contribution in [0.25, 0.3) is 0 Å². The molecule has 2 saturated heterocycles. The van der Waals surface area contributed by atoms with Gasteiger partial charge < -0.3 is 33.3 Å². The monoisotopic (exact) mass is 638 g/mol. The van der Waals surface area contributed by atoms with Gasteiger partial charge in [-0.05, 0) is 44.7 Å². The zero-order chi connectivity index (χ0) is 31.6. The molecule has 0 saturated carbocycles. The van der Waals surface area contributed by atoms with Crippen LogP contribution in [0, 0.1) is 0 Å². The van der Waals surface area contributed by atoms with E-state index in [1.54, 1.807) is 31.2 Å². The molecule has 4 heterocycles. The van der Waals surface area contributed by atoms with E-state index < -0.39 is 7.37 Å². The number of amides is 2. The second kappa shape index (κ2) is 13.2. The molecule has 0 bridgehead atoms. The topological polar surface area (TPSA) is 129 Å². The predicted octanol–water partition coefficient (Wildman–Crippen LogP) is 5.12. The molecule has 6 rings (SSSR count). The van der Waals surface area contributed by atoms with E-state index in [1.165, 1.54) is 14.2 Å². The molecule has 0 unspecified atom stereocenters. The van der Waals surface area contributed by atoms with Crippen molar-refractivity contribution >= 4 is 43.0 Å². The summed E-state index contributed by atoms with van der Waals surface area (Å²) < 4.78 is 42.7. The lowest BCUT2D eigenvalue weighted by Gasteiger charge is -2.21. The number of carbonyl (C=O) groups is 2. The molecule has 2 fully saturated rings. The summed E-state index contributed by atoms with van der Waals surface area (Å²) in [5.74, 6) is 1.49. The molecule has 0 N–H and O–H groups in total. The molecule has 2 amide bonds. The highest BCUT2D eigenvalue weighted by Crippen LogP contribution is 2.47. The Bertz CT molecular complexity index is 1470. The van der Waals surface area contributed by atoms with E-state index >= 15 is 0 Å². The van der Waals surface area contributed by atoms with Crippen LogP contribution >= 0.6 is 7.37 Å². The maximum atomic E-state index is 13.8. The first-order valence-corrected chi connectivity index (χ1v) is 17.5. The Labute approximate surface area is 262 Å². The third-order valence-electron chi connectivity index (χ3n) is 8.66. The molecular formula is C32H39N4O8P. The lowest BCUT2D eigenvalue weighted by molar-refractivity contribution is 0.0766. The molecule has 12 nitrogen and oxygen atoms in total. The Morgan fingerprint density at radius 1 is 0.756 bits per heavy atom. The third kappa shape index (κ3) is 6.31. The lowest BCUT2D eigenvalue weighted by Crippen LogP contribution is -2.35. The standard InChI is InChI=1S/C32H39N4O8P/c1-4-44-45(39,13-11-42-29-17-25-23(15-27(29)40-2)31(37)35-9-5-7-21(35)19-33-25)14-12-43-30-18-26-24(16-28(30)41-3)32(38)36-10-6-8-22(36)20-34-26/h15-22H,4-14H2,1-3H3/t21-,22-/m0/s1. The molecule has 240 valence electrons. The van der Waals surface area contributed by atoms with E-state index in [2.05, 4.69) is 9.98 Å². The quantitative estimate of drug-likeness (QED) is 0.293. The summed E-state index contributed by atoms with van der Waals surface area (Å²) in [6.45, 7) is 3.66. The summed E-state index contributed by atoms with van der Waals surface area (Å²) in [4.78, 5) is 39.1. The number of nitrogens with zero attached hydrogens (tertiary/aromatic N) is 4. The fourth-order valence-electron chi connectivity index (χ4n) is 6.31. The van der Waals surface area contributed by atoms with Gasteiger partial charge in [-0.15, -0.1) is 0 Å². The van der Waals surface area contributed by atoms with Crippen LogP contribution < -0.4 is 18.9 Å². The molecule has 4 aliphatic heterocycles. The van der Waals surface area contributed by atoms with Gasteiger partial charge in [0.1, 0.15) is 0 Å². The minimum atomic E-state index is -3.16. The van der Waals surface area contributed by atoms with E-state index in [0.717, 1.165) is 25.7 Å². The molecule has 2 atom stereocenters. The third-order valence-corrected chi connectivity index (χ3v) is 11.1. The van der Waals surface area contributed by atoms with Gasteiger partial charge >= 0.3 is 0 Å². The second-order valence-corrected chi connectivity index (χ2v) is 14.2. The van der Waals surface area contributed by atoms with Gasteiger partial charge in [0, 0.05) is 37.7 Å². The number of ether oxygens (including phenoxy) is 4. The van der Waals surface area contributed by atoms with Crippen molar-refractivity contribution in [3.8, 4) is 23.0 Å². The largest absolute Gasteiger partial charge is 0.493 e. The first-order chi connectivity index (χ1) is 21.8. The zero-order valence-corrected chi connectivity index (χ0v) is 26.8. The number of fused-ring (bicyclic) bond motifs is 4. The number of hydrogen-bond donors (Lipinski definition) is 0. The molecule has 0 aromatic heterocycles. The average molecular weight is 639 g/mol. The normalized spacial score (nSPS) is 20.2. The van der Waals surface area contributed by atoms with Gasteiger partial charge in [-0.3, -0.25) is 24.1 Å². The summed E-state index contributed by atoms with van der Waals surface area (Å²) in [5.41, 5.74) is 1.99. The van der Waals surface area contributed by atoms with Crippen molar-refractivity contribution in [2.24, 2.45) is 9.98 Å². The van der Waals surface area contributed by atoms with Crippen LogP contribution in [0.4, 0.5) is 11.4 Å². The van der Waals surface area contributed by atoms with Gasteiger partial charge in [-0.25, -0.2) is 0 Å². The average Bonchev–Trinajstić information content (AvgIpc) is 3.67. The fourth-order valence-corrected chi connectivity index (χ4v) is 8.00. The van der Waals surface area contributed by atoms with E-state index in [9.17, 15) is 14.2 Å². The molecule has 2 aromatic carbocycles. The molecular weight excluding hydrogens is 599 g/mol. The first kappa shape index (κ1) is 31.1. The number of benzene rings is 2. The summed E-state index contributed by atoms with van der Waals surface area (Å²) in [6, 6.07) is 6.71. The molecule has 2 aromatic rings. The Hall–Kier alpha value is -3.89. The molecule has 13 heteroatoms. The molecule has 45 heavy (non-hydrogen) atoms. The van der Waals surface area contributed by atoms with E-state index in [1.807, 2.05) is 22.2 Å². The number of methoxy groups -OCH3 is 2. The van der Waals surface area contributed by atoms with E-state index in [0.29, 0.717) is 58.6 Å². The fraction of sp³-hybridized carbons (Fsp3) is 0.500. The van der Waals surface area contributed by atoms with Crippen molar-refractivity contribution in [1.29, 1.82) is 0 Å². The van der Waals surface area contributed by atoms with E-state index in [4.69, 9.17) is 23.5 Å². The van der Waals surface area contributed by atoms with Crippen molar-refractivity contribution in [2.75, 3.05) is 59.5 Å². The highest BCUT2D eigenvalue weighted by molar-refractivity contribution is 7.59. The van der Waals surface area contributed by atoms with Gasteiger partial charge in [-0.1, -0.05) is 0 Å². The van der Waals surface area contributed by atoms with E-state index in [-0.39, 0.29) is 56.0 Å². The SMILES string of the molecule is CCOP(=O)(CCOc1cc2c(cc1OC)C(=O)N1CCC[C@H]1C=N2)CCOc1cc2c(cc1OC)C(=O)N1CCC[C@H]1C=N2. The lowest BCUT2D eigenvalue weighted by atomic mass is 10.1. The smallest absolute Gasteiger partial charge is 0.256 e. The number of aliphatic imine (C=N–C) groups is 2. The highest BCUT2D eigenvalue weighted by Gasteiger charge is 2.34.